The van der Waals surface area contributed by atoms with E-state index in [1.54, 1.807) is 12.1 Å². The Morgan fingerprint density at radius 3 is 3.00 bits per heavy atom. The molecule has 0 radical (unpaired) electrons. The number of esters is 1. The molecule has 0 bridgehead atoms. The van der Waals surface area contributed by atoms with Gasteiger partial charge in [0, 0.05) is 0 Å². The van der Waals surface area contributed by atoms with Crippen LogP contribution in [0.2, 0.25) is 0 Å². The maximum absolute atomic E-state index is 13.6. The van der Waals surface area contributed by atoms with Crippen LogP contribution in [0, 0.1) is 5.82 Å². The van der Waals surface area contributed by atoms with Gasteiger partial charge in [-0.05, 0) is 36.5 Å². The van der Waals surface area contributed by atoms with E-state index in [4.69, 9.17) is 10.5 Å². The summed E-state index contributed by atoms with van der Waals surface area (Å²) >= 11 is 0. The van der Waals surface area contributed by atoms with Crippen LogP contribution in [0.4, 0.5) is 4.39 Å². The molecule has 0 fully saturated rings. The Bertz CT molecular complexity index is 433. The molecular formula is C12H14FNO2. The summed E-state index contributed by atoms with van der Waals surface area (Å²) in [4.78, 5) is 11.7. The summed E-state index contributed by atoms with van der Waals surface area (Å²) in [5, 5.41) is 0. The van der Waals surface area contributed by atoms with E-state index in [9.17, 15) is 9.18 Å². The first-order valence-corrected chi connectivity index (χ1v) is 5.25. The van der Waals surface area contributed by atoms with Gasteiger partial charge in [-0.3, -0.25) is 0 Å². The van der Waals surface area contributed by atoms with E-state index in [-0.39, 0.29) is 5.82 Å². The van der Waals surface area contributed by atoms with Crippen molar-refractivity contribution in [1.82, 2.24) is 0 Å². The van der Waals surface area contributed by atoms with E-state index < -0.39 is 11.5 Å². The summed E-state index contributed by atoms with van der Waals surface area (Å²) in [5.74, 6) is -0.796. The molecule has 1 aliphatic carbocycles. The summed E-state index contributed by atoms with van der Waals surface area (Å²) in [6.45, 7) is 0. The fourth-order valence-corrected chi connectivity index (χ4v) is 2.30. The molecule has 4 heteroatoms. The number of methoxy groups -OCH3 is 1. The number of ether oxygens (including phenoxy) is 1. The van der Waals surface area contributed by atoms with Crippen molar-refractivity contribution in [3.05, 3.63) is 35.1 Å². The smallest absolute Gasteiger partial charge is 0.330 e. The minimum Gasteiger partial charge on any atom is -0.467 e. The number of fused-ring (bicyclic) bond motifs is 1. The minimum atomic E-state index is -1.19. The molecule has 86 valence electrons. The standard InChI is InChI=1S/C12H14FNO2/c1-16-11(15)12(14)7-3-4-8-9(12)5-2-6-10(8)13/h2,5-6H,3-4,7,14H2,1H3. The van der Waals surface area contributed by atoms with Crippen molar-refractivity contribution < 1.29 is 13.9 Å². The normalized spacial score (nSPS) is 23.7. The average Bonchev–Trinajstić information content (AvgIpc) is 2.30. The second-order valence-corrected chi connectivity index (χ2v) is 4.08. The van der Waals surface area contributed by atoms with Crippen LogP contribution in [-0.4, -0.2) is 13.1 Å². The Morgan fingerprint density at radius 2 is 2.31 bits per heavy atom. The highest BCUT2D eigenvalue weighted by Gasteiger charge is 2.41. The van der Waals surface area contributed by atoms with Gasteiger partial charge in [0.25, 0.3) is 0 Å². The maximum atomic E-state index is 13.6. The molecule has 1 aliphatic rings. The number of halogens is 1. The van der Waals surface area contributed by atoms with E-state index in [0.717, 1.165) is 0 Å². The Balaban J connectivity index is 2.56. The van der Waals surface area contributed by atoms with Crippen LogP contribution < -0.4 is 5.73 Å². The maximum Gasteiger partial charge on any atom is 0.330 e. The predicted octanol–water partition coefficient (Wildman–Crippen LogP) is 1.49. The van der Waals surface area contributed by atoms with Gasteiger partial charge in [-0.15, -0.1) is 0 Å². The van der Waals surface area contributed by atoms with Crippen LogP contribution in [0.5, 0.6) is 0 Å². The summed E-state index contributed by atoms with van der Waals surface area (Å²) in [6, 6.07) is 4.67. The fourth-order valence-electron chi connectivity index (χ4n) is 2.30. The Hall–Kier alpha value is -1.42. The van der Waals surface area contributed by atoms with Crippen LogP contribution in [0.15, 0.2) is 18.2 Å². The largest absolute Gasteiger partial charge is 0.467 e. The lowest BCUT2D eigenvalue weighted by molar-refractivity contribution is -0.148. The van der Waals surface area contributed by atoms with Gasteiger partial charge in [-0.2, -0.15) is 0 Å². The van der Waals surface area contributed by atoms with Crippen LogP contribution in [0.1, 0.15) is 24.0 Å². The van der Waals surface area contributed by atoms with E-state index in [1.165, 1.54) is 13.2 Å². The molecule has 1 unspecified atom stereocenters. The summed E-state index contributed by atoms with van der Waals surface area (Å²) in [6.07, 6.45) is 1.81. The molecule has 1 aromatic carbocycles. The highest BCUT2D eigenvalue weighted by Crippen LogP contribution is 2.35. The molecule has 3 nitrogen and oxygen atoms in total. The minimum absolute atomic E-state index is 0.295. The zero-order valence-corrected chi connectivity index (χ0v) is 9.13. The van der Waals surface area contributed by atoms with Crippen molar-refractivity contribution in [2.45, 2.75) is 24.8 Å². The number of hydrogen-bond acceptors (Lipinski definition) is 3. The molecule has 0 saturated heterocycles. The van der Waals surface area contributed by atoms with Gasteiger partial charge in [0.05, 0.1) is 7.11 Å². The lowest BCUT2D eigenvalue weighted by Gasteiger charge is -2.33. The number of carbonyl (C=O) groups is 1. The van der Waals surface area contributed by atoms with E-state index >= 15 is 0 Å². The number of rotatable bonds is 1. The summed E-state index contributed by atoms with van der Waals surface area (Å²) in [5.41, 5.74) is 5.97. The third kappa shape index (κ3) is 1.50. The molecule has 0 saturated carbocycles. The molecule has 2 rings (SSSR count). The first kappa shape index (κ1) is 11.1. The quantitative estimate of drug-likeness (QED) is 0.734. The molecule has 0 aliphatic heterocycles. The highest BCUT2D eigenvalue weighted by atomic mass is 19.1. The molecule has 0 heterocycles. The molecule has 0 amide bonds. The number of hydrogen-bond donors (Lipinski definition) is 1. The predicted molar refractivity (Wildman–Crippen MR) is 57.2 cm³/mol. The second kappa shape index (κ2) is 3.87. The van der Waals surface area contributed by atoms with Crippen LogP contribution in [-0.2, 0) is 21.5 Å². The molecule has 2 N–H and O–H groups in total. The van der Waals surface area contributed by atoms with Crippen molar-refractivity contribution in [2.24, 2.45) is 5.73 Å². The molecule has 0 aromatic heterocycles. The fraction of sp³-hybridized carbons (Fsp3) is 0.417. The average molecular weight is 223 g/mol. The van der Waals surface area contributed by atoms with Gasteiger partial charge in [0.2, 0.25) is 0 Å². The number of carbonyl (C=O) groups excluding carboxylic acids is 1. The second-order valence-electron chi connectivity index (χ2n) is 4.08. The van der Waals surface area contributed by atoms with Crippen molar-refractivity contribution in [3.63, 3.8) is 0 Å². The monoisotopic (exact) mass is 223 g/mol. The summed E-state index contributed by atoms with van der Waals surface area (Å²) in [7, 11) is 1.30. The molecule has 1 aromatic rings. The first-order valence-electron chi connectivity index (χ1n) is 5.25. The Morgan fingerprint density at radius 1 is 1.56 bits per heavy atom. The van der Waals surface area contributed by atoms with Crippen LogP contribution in [0.25, 0.3) is 0 Å². The van der Waals surface area contributed by atoms with Gasteiger partial charge >= 0.3 is 5.97 Å². The van der Waals surface area contributed by atoms with Gasteiger partial charge in [0.1, 0.15) is 11.4 Å². The number of benzene rings is 1. The van der Waals surface area contributed by atoms with Gasteiger partial charge in [-0.25, -0.2) is 9.18 Å². The van der Waals surface area contributed by atoms with Gasteiger partial charge in [0.15, 0.2) is 0 Å². The highest BCUT2D eigenvalue weighted by molar-refractivity contribution is 5.83. The zero-order chi connectivity index (χ0) is 11.8. The number of nitrogens with two attached hydrogens (primary N) is 1. The topological polar surface area (TPSA) is 52.3 Å². The van der Waals surface area contributed by atoms with Crippen molar-refractivity contribution in [2.75, 3.05) is 7.11 Å². The Labute approximate surface area is 93.4 Å². The lowest BCUT2D eigenvalue weighted by atomic mass is 9.77. The third-order valence-electron chi connectivity index (χ3n) is 3.15. The van der Waals surface area contributed by atoms with Crippen molar-refractivity contribution in [3.8, 4) is 0 Å². The summed E-state index contributed by atoms with van der Waals surface area (Å²) < 4.78 is 18.3. The van der Waals surface area contributed by atoms with Crippen molar-refractivity contribution >= 4 is 5.97 Å². The molecule has 16 heavy (non-hydrogen) atoms. The van der Waals surface area contributed by atoms with Gasteiger partial charge in [-0.1, -0.05) is 12.1 Å². The van der Waals surface area contributed by atoms with E-state index in [1.807, 2.05) is 0 Å². The zero-order valence-electron chi connectivity index (χ0n) is 9.13. The van der Waals surface area contributed by atoms with E-state index in [0.29, 0.717) is 30.4 Å². The Kier molecular flexibility index (Phi) is 2.68. The van der Waals surface area contributed by atoms with Crippen molar-refractivity contribution in [1.29, 1.82) is 0 Å². The first-order chi connectivity index (χ1) is 7.59. The molecule has 1 atom stereocenters. The van der Waals surface area contributed by atoms with Crippen LogP contribution in [0.3, 0.4) is 0 Å². The van der Waals surface area contributed by atoms with E-state index in [2.05, 4.69) is 0 Å². The third-order valence-corrected chi connectivity index (χ3v) is 3.15. The van der Waals surface area contributed by atoms with Crippen LogP contribution >= 0.6 is 0 Å². The molecular weight excluding hydrogens is 209 g/mol. The SMILES string of the molecule is COC(=O)C1(N)CCCc2c(F)cccc21. The lowest BCUT2D eigenvalue weighted by Crippen LogP contribution is -2.48. The molecule has 0 spiro atoms. The van der Waals surface area contributed by atoms with Gasteiger partial charge < -0.3 is 10.5 Å².